The molecular weight excluding hydrogens is 390 g/mol. The Morgan fingerprint density at radius 2 is 1.68 bits per heavy atom. The van der Waals surface area contributed by atoms with Crippen molar-refractivity contribution >= 4 is 17.5 Å². The molecule has 0 atom stereocenters. The van der Waals surface area contributed by atoms with Crippen molar-refractivity contribution in [1.82, 2.24) is 10.6 Å². The normalized spacial score (nSPS) is 18.3. The quantitative estimate of drug-likeness (QED) is 0.712. The molecule has 1 saturated carbocycles. The van der Waals surface area contributed by atoms with E-state index < -0.39 is 0 Å². The minimum absolute atomic E-state index is 0.00494. The van der Waals surface area contributed by atoms with Gasteiger partial charge < -0.3 is 20.3 Å². The predicted octanol–water partition coefficient (Wildman–Crippen LogP) is 3.74. The molecule has 1 aliphatic rings. The van der Waals surface area contributed by atoms with E-state index in [0.29, 0.717) is 12.6 Å². The summed E-state index contributed by atoms with van der Waals surface area (Å²) in [5.74, 6) is 0.966. The van der Waals surface area contributed by atoms with Crippen molar-refractivity contribution in [2.75, 3.05) is 26.1 Å². The molecule has 0 aromatic heterocycles. The largest absolute Gasteiger partial charge is 0.496 e. The van der Waals surface area contributed by atoms with Gasteiger partial charge in [0, 0.05) is 43.7 Å². The van der Waals surface area contributed by atoms with Crippen LogP contribution in [-0.2, 0) is 16.1 Å². The summed E-state index contributed by atoms with van der Waals surface area (Å²) < 4.78 is 5.52. The van der Waals surface area contributed by atoms with Crippen LogP contribution in [0.3, 0.4) is 0 Å². The van der Waals surface area contributed by atoms with Gasteiger partial charge in [-0.05, 0) is 68.1 Å². The molecule has 2 aromatic carbocycles. The zero-order valence-corrected chi connectivity index (χ0v) is 18.9. The number of nitrogens with zero attached hydrogens (tertiary/aromatic N) is 1. The number of hydrogen-bond donors (Lipinski definition) is 2. The van der Waals surface area contributed by atoms with Crippen molar-refractivity contribution in [3.05, 3.63) is 48.0 Å². The first kappa shape index (κ1) is 22.8. The summed E-state index contributed by atoms with van der Waals surface area (Å²) in [6.07, 6.45) is 3.94. The molecule has 0 aliphatic heterocycles. The molecule has 0 heterocycles. The topological polar surface area (TPSA) is 70.7 Å². The van der Waals surface area contributed by atoms with Crippen LogP contribution in [0.4, 0.5) is 5.69 Å². The van der Waals surface area contributed by atoms with Gasteiger partial charge in [-0.3, -0.25) is 9.59 Å². The number of hydrogen-bond acceptors (Lipinski definition) is 4. The smallest absolute Gasteiger partial charge is 0.223 e. The van der Waals surface area contributed by atoms with Crippen LogP contribution in [0.5, 0.6) is 5.75 Å². The second kappa shape index (κ2) is 10.4. The van der Waals surface area contributed by atoms with Gasteiger partial charge in [-0.2, -0.15) is 0 Å². The van der Waals surface area contributed by atoms with E-state index in [0.717, 1.165) is 53.8 Å². The Morgan fingerprint density at radius 3 is 2.26 bits per heavy atom. The van der Waals surface area contributed by atoms with Crippen LogP contribution in [-0.4, -0.2) is 39.1 Å². The van der Waals surface area contributed by atoms with E-state index >= 15 is 0 Å². The number of methoxy groups -OCH3 is 1. The Hall–Kier alpha value is -2.86. The summed E-state index contributed by atoms with van der Waals surface area (Å²) in [6.45, 7) is 1.98. The first-order chi connectivity index (χ1) is 14.9. The Balaban J connectivity index is 1.69. The van der Waals surface area contributed by atoms with E-state index in [9.17, 15) is 9.59 Å². The van der Waals surface area contributed by atoms with Crippen molar-refractivity contribution in [2.24, 2.45) is 5.92 Å². The summed E-state index contributed by atoms with van der Waals surface area (Å²) >= 11 is 0. The molecule has 31 heavy (non-hydrogen) atoms. The van der Waals surface area contributed by atoms with Gasteiger partial charge in [0.05, 0.1) is 7.11 Å². The van der Waals surface area contributed by atoms with E-state index in [1.54, 1.807) is 26.0 Å². The van der Waals surface area contributed by atoms with Crippen molar-refractivity contribution in [1.29, 1.82) is 0 Å². The number of carbonyl (C=O) groups is 2. The number of rotatable bonds is 7. The third-order valence-electron chi connectivity index (χ3n) is 6.30. The lowest BCUT2D eigenvalue weighted by Gasteiger charge is -2.27. The minimum atomic E-state index is -0.00494. The fourth-order valence-electron chi connectivity index (χ4n) is 4.13. The lowest BCUT2D eigenvalue weighted by Crippen LogP contribution is -2.37. The SMILES string of the molecule is CNC1CCC(C(=O)NCc2cc(-c3ccc(N(C)C(C)=O)cc3)ccc2OC)CC1. The van der Waals surface area contributed by atoms with Gasteiger partial charge in [0.2, 0.25) is 11.8 Å². The second-order valence-electron chi connectivity index (χ2n) is 8.21. The zero-order chi connectivity index (χ0) is 22.4. The maximum atomic E-state index is 12.7. The summed E-state index contributed by atoms with van der Waals surface area (Å²) in [7, 11) is 5.39. The highest BCUT2D eigenvalue weighted by atomic mass is 16.5. The molecule has 1 fully saturated rings. The molecule has 166 valence electrons. The van der Waals surface area contributed by atoms with Crippen LogP contribution < -0.4 is 20.3 Å². The van der Waals surface area contributed by atoms with Crippen LogP contribution >= 0.6 is 0 Å². The van der Waals surface area contributed by atoms with Gasteiger partial charge in [0.25, 0.3) is 0 Å². The zero-order valence-electron chi connectivity index (χ0n) is 18.9. The van der Waals surface area contributed by atoms with E-state index in [1.165, 1.54) is 0 Å². The van der Waals surface area contributed by atoms with Crippen LogP contribution in [0.2, 0.25) is 0 Å². The summed E-state index contributed by atoms with van der Waals surface area (Å²) in [6, 6.07) is 14.4. The van der Waals surface area contributed by atoms with Crippen LogP contribution in [0.15, 0.2) is 42.5 Å². The van der Waals surface area contributed by atoms with Crippen molar-refractivity contribution in [3.8, 4) is 16.9 Å². The third-order valence-corrected chi connectivity index (χ3v) is 6.30. The molecule has 6 nitrogen and oxygen atoms in total. The van der Waals surface area contributed by atoms with E-state index in [1.807, 2.05) is 43.4 Å². The monoisotopic (exact) mass is 423 g/mol. The predicted molar refractivity (Wildman–Crippen MR) is 124 cm³/mol. The van der Waals surface area contributed by atoms with Crippen LogP contribution in [0, 0.1) is 5.92 Å². The van der Waals surface area contributed by atoms with Gasteiger partial charge >= 0.3 is 0 Å². The van der Waals surface area contributed by atoms with Crippen molar-refractivity contribution in [3.63, 3.8) is 0 Å². The standard InChI is InChI=1S/C25H33N3O3/c1-17(29)28(3)23-12-7-18(8-13-23)20-9-14-24(31-4)21(15-20)16-27-25(30)19-5-10-22(26-2)11-6-19/h7-9,12-15,19,22,26H,5-6,10-11,16H2,1-4H3,(H,27,30). The fraction of sp³-hybridized carbons (Fsp3) is 0.440. The number of carbonyl (C=O) groups excluding carboxylic acids is 2. The summed E-state index contributed by atoms with van der Waals surface area (Å²) in [4.78, 5) is 25.8. The Labute approximate surface area is 185 Å². The third kappa shape index (κ3) is 5.64. The molecule has 2 N–H and O–H groups in total. The van der Waals surface area contributed by atoms with E-state index in [-0.39, 0.29) is 17.7 Å². The molecule has 2 amide bonds. The van der Waals surface area contributed by atoms with Gasteiger partial charge in [-0.15, -0.1) is 0 Å². The number of ether oxygens (including phenoxy) is 1. The molecule has 3 rings (SSSR count). The highest BCUT2D eigenvalue weighted by Gasteiger charge is 2.25. The maximum Gasteiger partial charge on any atom is 0.223 e. The van der Waals surface area contributed by atoms with E-state index in [4.69, 9.17) is 4.74 Å². The average molecular weight is 424 g/mol. The Kier molecular flexibility index (Phi) is 7.69. The van der Waals surface area contributed by atoms with Crippen LogP contribution in [0.1, 0.15) is 38.2 Å². The minimum Gasteiger partial charge on any atom is -0.496 e. The molecule has 2 aromatic rings. The number of anilines is 1. The van der Waals surface area contributed by atoms with Gasteiger partial charge in [0.15, 0.2) is 0 Å². The van der Waals surface area contributed by atoms with Crippen molar-refractivity contribution < 1.29 is 14.3 Å². The molecule has 6 heteroatoms. The second-order valence-corrected chi connectivity index (χ2v) is 8.21. The lowest BCUT2D eigenvalue weighted by atomic mass is 9.85. The highest BCUT2D eigenvalue weighted by Crippen LogP contribution is 2.29. The first-order valence-corrected chi connectivity index (χ1v) is 10.9. The number of benzene rings is 2. The molecule has 0 saturated heterocycles. The lowest BCUT2D eigenvalue weighted by molar-refractivity contribution is -0.126. The van der Waals surface area contributed by atoms with Crippen molar-refractivity contribution in [2.45, 2.75) is 45.2 Å². The summed E-state index contributed by atoms with van der Waals surface area (Å²) in [5, 5.41) is 6.41. The van der Waals surface area contributed by atoms with Gasteiger partial charge in [-0.1, -0.05) is 18.2 Å². The maximum absolute atomic E-state index is 12.7. The Bertz CT molecular complexity index is 903. The average Bonchev–Trinajstić information content (AvgIpc) is 2.81. The summed E-state index contributed by atoms with van der Waals surface area (Å²) in [5.41, 5.74) is 3.88. The number of amides is 2. The molecular formula is C25H33N3O3. The van der Waals surface area contributed by atoms with Gasteiger partial charge in [-0.25, -0.2) is 0 Å². The number of nitrogens with one attached hydrogen (secondary N) is 2. The van der Waals surface area contributed by atoms with E-state index in [2.05, 4.69) is 16.7 Å². The molecule has 1 aliphatic carbocycles. The van der Waals surface area contributed by atoms with Crippen LogP contribution in [0.25, 0.3) is 11.1 Å². The van der Waals surface area contributed by atoms with Gasteiger partial charge in [0.1, 0.15) is 5.75 Å². The highest BCUT2D eigenvalue weighted by molar-refractivity contribution is 5.91. The first-order valence-electron chi connectivity index (χ1n) is 10.9. The molecule has 0 radical (unpaired) electrons. The fourth-order valence-corrected chi connectivity index (χ4v) is 4.13. The molecule has 0 unspecified atom stereocenters. The molecule has 0 bridgehead atoms. The Morgan fingerprint density at radius 1 is 1.03 bits per heavy atom. The molecule has 0 spiro atoms.